The highest BCUT2D eigenvalue weighted by atomic mass is 35.5. The normalized spacial score (nSPS) is 20.5. The molecule has 1 aliphatic heterocycles. The molecule has 2 aromatic carbocycles. The highest BCUT2D eigenvalue weighted by Crippen LogP contribution is 2.41. The first-order chi connectivity index (χ1) is 14.9. The fourth-order valence-corrected chi connectivity index (χ4v) is 5.09. The van der Waals surface area contributed by atoms with Crippen molar-refractivity contribution in [3.63, 3.8) is 0 Å². The van der Waals surface area contributed by atoms with Crippen LogP contribution in [0.5, 0.6) is 0 Å². The maximum absolute atomic E-state index is 15.4. The second-order valence-corrected chi connectivity index (χ2v) is 8.81. The molecule has 0 spiro atoms. The third kappa shape index (κ3) is 3.20. The van der Waals surface area contributed by atoms with E-state index in [1.54, 1.807) is 11.5 Å². The fourth-order valence-electron chi connectivity index (χ4n) is 5.09. The van der Waals surface area contributed by atoms with Crippen molar-refractivity contribution in [3.05, 3.63) is 74.2 Å². The van der Waals surface area contributed by atoms with Crippen molar-refractivity contribution in [3.8, 4) is 0 Å². The lowest BCUT2D eigenvalue weighted by Crippen LogP contribution is -2.45. The van der Waals surface area contributed by atoms with Crippen molar-refractivity contribution < 1.29 is 4.39 Å². The average Bonchev–Trinajstić information content (AvgIpc) is 3.52. The first-order valence-electron chi connectivity index (χ1n) is 10.6. The number of hydrogen-bond acceptors (Lipinski definition) is 5. The molecule has 5 rings (SSSR count). The summed E-state index contributed by atoms with van der Waals surface area (Å²) >= 11 is 0. The number of nitrogen functional groups attached to an aromatic ring is 1. The molecule has 1 saturated carbocycles. The smallest absolute Gasteiger partial charge is 0.350 e. The Balaban J connectivity index is 0.00000245. The fraction of sp³-hybridized carbons (Fsp3) is 0.391. The molecule has 2 aliphatic rings. The molecule has 0 bridgehead atoms. The number of anilines is 1. The molecule has 4 N–H and O–H groups in total. The first-order valence-corrected chi connectivity index (χ1v) is 10.6. The summed E-state index contributed by atoms with van der Waals surface area (Å²) in [4.78, 5) is 27.4. The van der Waals surface area contributed by atoms with Gasteiger partial charge in [-0.25, -0.2) is 9.18 Å². The number of aromatic nitrogens is 2. The maximum Gasteiger partial charge on any atom is 0.350 e. The van der Waals surface area contributed by atoms with Gasteiger partial charge in [-0.1, -0.05) is 30.3 Å². The SMILES string of the molecule is Cc1c(N2CCC(CN)(c3ccccc3)C2)c(F)cc2c(=O)n(N)c(=O)n(C3CC3)c12.Cl. The Morgan fingerprint density at radius 2 is 1.88 bits per heavy atom. The molecule has 1 aliphatic carbocycles. The summed E-state index contributed by atoms with van der Waals surface area (Å²) in [6.07, 6.45) is 2.48. The molecule has 0 amide bonds. The summed E-state index contributed by atoms with van der Waals surface area (Å²) in [5.41, 5.74) is 7.37. The van der Waals surface area contributed by atoms with Crippen LogP contribution in [0.1, 0.15) is 36.4 Å². The zero-order valence-electron chi connectivity index (χ0n) is 17.9. The molecule has 3 aromatic rings. The minimum atomic E-state index is -0.674. The van der Waals surface area contributed by atoms with Crippen molar-refractivity contribution in [1.82, 2.24) is 9.24 Å². The molecule has 1 unspecified atom stereocenters. The zero-order valence-corrected chi connectivity index (χ0v) is 18.7. The van der Waals surface area contributed by atoms with Crippen molar-refractivity contribution >= 4 is 29.0 Å². The van der Waals surface area contributed by atoms with Crippen molar-refractivity contribution in [2.75, 3.05) is 30.4 Å². The van der Waals surface area contributed by atoms with Gasteiger partial charge in [0.15, 0.2) is 0 Å². The van der Waals surface area contributed by atoms with E-state index in [1.807, 2.05) is 23.1 Å². The van der Waals surface area contributed by atoms with E-state index in [4.69, 9.17) is 11.6 Å². The average molecular weight is 460 g/mol. The van der Waals surface area contributed by atoms with E-state index in [9.17, 15) is 9.59 Å². The van der Waals surface area contributed by atoms with Gasteiger partial charge in [0.1, 0.15) is 5.82 Å². The Labute approximate surface area is 190 Å². The summed E-state index contributed by atoms with van der Waals surface area (Å²) in [6, 6.07) is 11.3. The number of rotatable bonds is 4. The van der Waals surface area contributed by atoms with E-state index in [0.29, 0.717) is 41.1 Å². The molecule has 0 radical (unpaired) electrons. The van der Waals surface area contributed by atoms with Crippen LogP contribution in [0.25, 0.3) is 10.9 Å². The maximum atomic E-state index is 15.4. The van der Waals surface area contributed by atoms with E-state index >= 15 is 4.39 Å². The predicted octanol–water partition coefficient (Wildman–Crippen LogP) is 2.19. The number of hydrogen-bond donors (Lipinski definition) is 2. The number of fused-ring (bicyclic) bond motifs is 1. The van der Waals surface area contributed by atoms with Gasteiger partial charge in [0, 0.05) is 36.7 Å². The molecule has 9 heteroatoms. The van der Waals surface area contributed by atoms with Crippen molar-refractivity contribution in [2.45, 2.75) is 37.6 Å². The molecule has 1 aromatic heterocycles. The van der Waals surface area contributed by atoms with Gasteiger partial charge in [-0.2, -0.15) is 4.68 Å². The topological polar surface area (TPSA) is 99.3 Å². The Bertz CT molecular complexity index is 1300. The lowest BCUT2D eigenvalue weighted by molar-refractivity contribution is 0.488. The van der Waals surface area contributed by atoms with Gasteiger partial charge in [0.25, 0.3) is 5.56 Å². The standard InChI is InChI=1S/C23H26FN5O2.ClH/c1-14-19-17(21(30)29(26)22(31)28(19)16-7-8-16)11-18(24)20(14)27-10-9-23(12-25,13-27)15-5-3-2-4-6-15;/h2-6,11,16H,7-10,12-13,25-26H2,1H3;1H. The lowest BCUT2D eigenvalue weighted by Gasteiger charge is -2.30. The van der Waals surface area contributed by atoms with E-state index < -0.39 is 17.1 Å². The van der Waals surface area contributed by atoms with Crippen LogP contribution in [0, 0.1) is 12.7 Å². The third-order valence-corrected chi connectivity index (χ3v) is 6.92. The Morgan fingerprint density at radius 3 is 2.50 bits per heavy atom. The predicted molar refractivity (Wildman–Crippen MR) is 127 cm³/mol. The quantitative estimate of drug-likeness (QED) is 0.582. The van der Waals surface area contributed by atoms with Crippen LogP contribution in [0.2, 0.25) is 0 Å². The zero-order chi connectivity index (χ0) is 21.9. The Morgan fingerprint density at radius 1 is 1.19 bits per heavy atom. The van der Waals surface area contributed by atoms with E-state index in [-0.39, 0.29) is 29.3 Å². The largest absolute Gasteiger partial charge is 0.368 e. The Kier molecular flexibility index (Phi) is 5.55. The van der Waals surface area contributed by atoms with E-state index in [2.05, 4.69) is 12.1 Å². The van der Waals surface area contributed by atoms with E-state index in [1.165, 1.54) is 6.07 Å². The highest BCUT2D eigenvalue weighted by molar-refractivity contribution is 5.87. The van der Waals surface area contributed by atoms with Gasteiger partial charge >= 0.3 is 5.69 Å². The molecule has 32 heavy (non-hydrogen) atoms. The summed E-state index contributed by atoms with van der Waals surface area (Å²) in [7, 11) is 0. The number of nitrogens with two attached hydrogens (primary N) is 2. The summed E-state index contributed by atoms with van der Waals surface area (Å²) in [5, 5.41) is 0.139. The Hall–Kier alpha value is -2.84. The molecule has 1 atom stereocenters. The second kappa shape index (κ2) is 7.94. The van der Waals surface area contributed by atoms with Gasteiger partial charge in [0.2, 0.25) is 0 Å². The minimum Gasteiger partial charge on any atom is -0.368 e. The highest BCUT2D eigenvalue weighted by Gasteiger charge is 2.40. The molecule has 1 saturated heterocycles. The van der Waals surface area contributed by atoms with Gasteiger partial charge in [-0.05, 0) is 37.8 Å². The number of nitrogens with zero attached hydrogens (tertiary/aromatic N) is 3. The minimum absolute atomic E-state index is 0. The lowest BCUT2D eigenvalue weighted by atomic mass is 9.80. The summed E-state index contributed by atoms with van der Waals surface area (Å²) in [6.45, 7) is 3.44. The van der Waals surface area contributed by atoms with Crippen molar-refractivity contribution in [1.29, 1.82) is 0 Å². The summed E-state index contributed by atoms with van der Waals surface area (Å²) < 4.78 is 17.6. The van der Waals surface area contributed by atoms with Crippen LogP contribution < -0.4 is 27.7 Å². The van der Waals surface area contributed by atoms with Gasteiger partial charge < -0.3 is 16.5 Å². The molecule has 7 nitrogen and oxygen atoms in total. The van der Waals surface area contributed by atoms with Crippen molar-refractivity contribution in [2.24, 2.45) is 5.73 Å². The van der Waals surface area contributed by atoms with Crippen LogP contribution in [-0.2, 0) is 5.41 Å². The van der Waals surface area contributed by atoms with Crippen LogP contribution in [0.4, 0.5) is 10.1 Å². The first kappa shape index (κ1) is 22.4. The molecular weight excluding hydrogens is 433 g/mol. The number of benzene rings is 2. The van der Waals surface area contributed by atoms with Gasteiger partial charge in [0.05, 0.1) is 16.6 Å². The monoisotopic (exact) mass is 459 g/mol. The summed E-state index contributed by atoms with van der Waals surface area (Å²) in [5.74, 6) is 5.23. The van der Waals surface area contributed by atoms with Crippen LogP contribution in [-0.4, -0.2) is 28.9 Å². The number of aryl methyl sites for hydroxylation is 1. The van der Waals surface area contributed by atoms with Crippen LogP contribution >= 0.6 is 12.4 Å². The van der Waals surface area contributed by atoms with Gasteiger partial charge in [-0.3, -0.25) is 9.36 Å². The molecule has 2 heterocycles. The van der Waals surface area contributed by atoms with E-state index in [0.717, 1.165) is 24.8 Å². The molecule has 2 fully saturated rings. The third-order valence-electron chi connectivity index (χ3n) is 6.92. The molecule has 170 valence electrons. The molecular formula is C23H27ClFN5O2. The van der Waals surface area contributed by atoms with Gasteiger partial charge in [-0.15, -0.1) is 12.4 Å². The second-order valence-electron chi connectivity index (χ2n) is 8.81. The van der Waals surface area contributed by atoms with Crippen LogP contribution in [0.3, 0.4) is 0 Å². The number of halogens is 2. The van der Waals surface area contributed by atoms with Crippen LogP contribution in [0.15, 0.2) is 46.0 Å².